The second kappa shape index (κ2) is 10.3. The monoisotopic (exact) mass is 356 g/mol. The molecule has 0 aromatic heterocycles. The molecular formula is C23H48O2. The van der Waals surface area contributed by atoms with E-state index in [9.17, 15) is 0 Å². The molecule has 0 aromatic carbocycles. The lowest BCUT2D eigenvalue weighted by Gasteiger charge is -2.41. The number of rotatable bonds is 3. The quantitative estimate of drug-likeness (QED) is 0.602. The van der Waals surface area contributed by atoms with Gasteiger partial charge in [0.15, 0.2) is 0 Å². The van der Waals surface area contributed by atoms with Crippen LogP contribution in [0.3, 0.4) is 0 Å². The smallest absolute Gasteiger partial charge is 0 e. The van der Waals surface area contributed by atoms with E-state index < -0.39 is 0 Å². The highest BCUT2D eigenvalue weighted by Crippen LogP contribution is 2.45. The number of hydrogen-bond acceptors (Lipinski definition) is 0. The van der Waals surface area contributed by atoms with Gasteiger partial charge in [0.2, 0.25) is 0 Å². The van der Waals surface area contributed by atoms with E-state index in [0.717, 1.165) is 47.3 Å². The van der Waals surface area contributed by atoms with Crippen molar-refractivity contribution in [3.8, 4) is 0 Å². The molecule has 4 N–H and O–H groups in total. The molecule has 0 amide bonds. The molecule has 0 spiro atoms. The first-order valence-electron chi connectivity index (χ1n) is 11.0. The van der Waals surface area contributed by atoms with Crippen LogP contribution in [-0.4, -0.2) is 11.0 Å². The maximum absolute atomic E-state index is 2.51. The molecular weight excluding hydrogens is 308 g/mol. The zero-order valence-corrected chi connectivity index (χ0v) is 17.4. The highest BCUT2D eigenvalue weighted by atomic mass is 16.0. The fourth-order valence-corrected chi connectivity index (χ4v) is 6.45. The summed E-state index contributed by atoms with van der Waals surface area (Å²) in [4.78, 5) is 0. The molecule has 3 fully saturated rings. The highest BCUT2D eigenvalue weighted by molar-refractivity contribution is 4.85. The molecule has 2 atom stereocenters. The van der Waals surface area contributed by atoms with Crippen molar-refractivity contribution in [1.82, 2.24) is 0 Å². The summed E-state index contributed by atoms with van der Waals surface area (Å²) in [6, 6.07) is 0. The van der Waals surface area contributed by atoms with Gasteiger partial charge in [-0.15, -0.1) is 0 Å². The summed E-state index contributed by atoms with van der Waals surface area (Å²) in [7, 11) is 0. The van der Waals surface area contributed by atoms with Crippen molar-refractivity contribution in [1.29, 1.82) is 0 Å². The lowest BCUT2D eigenvalue weighted by molar-refractivity contribution is 0.100. The molecule has 2 nitrogen and oxygen atoms in total. The third-order valence-corrected chi connectivity index (χ3v) is 8.49. The topological polar surface area (TPSA) is 63.0 Å². The molecule has 3 saturated carbocycles. The largest absolute Gasteiger partial charge is 0.412 e. The van der Waals surface area contributed by atoms with Gasteiger partial charge in [-0.2, -0.15) is 0 Å². The van der Waals surface area contributed by atoms with Gasteiger partial charge >= 0.3 is 0 Å². The van der Waals surface area contributed by atoms with E-state index in [1.54, 1.807) is 44.9 Å². The molecule has 2 heteroatoms. The van der Waals surface area contributed by atoms with Crippen molar-refractivity contribution in [3.63, 3.8) is 0 Å². The van der Waals surface area contributed by atoms with Crippen molar-refractivity contribution < 1.29 is 12.4 Å². The Balaban J connectivity index is 0.00000208. The van der Waals surface area contributed by atoms with Crippen molar-refractivity contribution in [2.24, 2.45) is 47.3 Å². The van der Waals surface area contributed by atoms with E-state index in [4.69, 9.17) is 0 Å². The van der Waals surface area contributed by atoms with E-state index in [1.165, 1.54) is 25.7 Å². The summed E-state index contributed by atoms with van der Waals surface area (Å²) in [6.07, 6.45) is 17.0. The van der Waals surface area contributed by atoms with Crippen LogP contribution in [0.2, 0.25) is 0 Å². The Morgan fingerprint density at radius 3 is 1.52 bits per heavy atom. The van der Waals surface area contributed by atoms with Crippen molar-refractivity contribution >= 4 is 0 Å². The predicted octanol–water partition coefficient (Wildman–Crippen LogP) is 5.92. The van der Waals surface area contributed by atoms with Gasteiger partial charge in [-0.1, -0.05) is 53.4 Å². The third-order valence-electron chi connectivity index (χ3n) is 8.49. The summed E-state index contributed by atoms with van der Waals surface area (Å²) in [6.45, 7) is 9.96. The van der Waals surface area contributed by atoms with Gasteiger partial charge in [-0.3, -0.25) is 0 Å². The minimum atomic E-state index is 0. The summed E-state index contributed by atoms with van der Waals surface area (Å²) >= 11 is 0. The van der Waals surface area contributed by atoms with Crippen LogP contribution in [0.5, 0.6) is 0 Å². The average molecular weight is 357 g/mol. The molecule has 0 aliphatic heterocycles. The molecule has 25 heavy (non-hydrogen) atoms. The minimum Gasteiger partial charge on any atom is -0.412 e. The second-order valence-electron chi connectivity index (χ2n) is 10.2. The van der Waals surface area contributed by atoms with E-state index >= 15 is 0 Å². The Labute approximate surface area is 158 Å². The van der Waals surface area contributed by atoms with Gasteiger partial charge in [0, 0.05) is 1.43 Å². The maximum Gasteiger partial charge on any atom is 0 e. The zero-order chi connectivity index (χ0) is 16.4. The van der Waals surface area contributed by atoms with Crippen molar-refractivity contribution in [2.75, 3.05) is 0 Å². The molecule has 3 aliphatic rings. The molecule has 0 bridgehead atoms. The Hall–Kier alpha value is -0.0800. The summed E-state index contributed by atoms with van der Waals surface area (Å²) in [5.41, 5.74) is 0. The van der Waals surface area contributed by atoms with Crippen LogP contribution in [0.4, 0.5) is 0 Å². The molecule has 152 valence electrons. The van der Waals surface area contributed by atoms with Crippen LogP contribution >= 0.6 is 0 Å². The fourth-order valence-electron chi connectivity index (χ4n) is 6.45. The molecule has 0 heterocycles. The van der Waals surface area contributed by atoms with E-state index in [2.05, 4.69) is 27.7 Å². The van der Waals surface area contributed by atoms with Gasteiger partial charge in [0.25, 0.3) is 0 Å². The highest BCUT2D eigenvalue weighted by Gasteiger charge is 2.34. The molecule has 0 radical (unpaired) electrons. The molecule has 3 aliphatic carbocycles. The Morgan fingerprint density at radius 1 is 0.600 bits per heavy atom. The SMILES string of the molecule is CC1CCC(C2CCC(CC3CC(C)C(C)C(C)C3)CC2)CC1.O.O.[HH]. The van der Waals surface area contributed by atoms with Crippen molar-refractivity contribution in [2.45, 2.75) is 98.3 Å². The van der Waals surface area contributed by atoms with Crippen LogP contribution in [-0.2, 0) is 0 Å². The van der Waals surface area contributed by atoms with Crippen LogP contribution < -0.4 is 0 Å². The molecule has 0 saturated heterocycles. The van der Waals surface area contributed by atoms with Crippen LogP contribution in [0, 0.1) is 47.3 Å². The molecule has 3 rings (SSSR count). The van der Waals surface area contributed by atoms with Crippen LogP contribution in [0.1, 0.15) is 99.8 Å². The van der Waals surface area contributed by atoms with Gasteiger partial charge in [-0.25, -0.2) is 0 Å². The summed E-state index contributed by atoms with van der Waals surface area (Å²) < 4.78 is 0. The average Bonchev–Trinajstić information content (AvgIpc) is 2.54. The van der Waals surface area contributed by atoms with Gasteiger partial charge < -0.3 is 11.0 Å². The van der Waals surface area contributed by atoms with Crippen molar-refractivity contribution in [3.05, 3.63) is 0 Å². The Morgan fingerprint density at radius 2 is 1.04 bits per heavy atom. The third kappa shape index (κ3) is 5.96. The first kappa shape index (κ1) is 23.0. The summed E-state index contributed by atoms with van der Waals surface area (Å²) in [5, 5.41) is 0. The first-order chi connectivity index (χ1) is 11.0. The molecule has 2 unspecified atom stereocenters. The lowest BCUT2D eigenvalue weighted by atomic mass is 9.65. The Kier molecular flexibility index (Phi) is 9.46. The van der Waals surface area contributed by atoms with E-state index in [0.29, 0.717) is 0 Å². The molecule has 0 aromatic rings. The maximum atomic E-state index is 2.51. The van der Waals surface area contributed by atoms with Gasteiger partial charge in [0.05, 0.1) is 0 Å². The predicted molar refractivity (Wildman–Crippen MR) is 111 cm³/mol. The van der Waals surface area contributed by atoms with Gasteiger partial charge in [-0.05, 0) is 92.3 Å². The minimum absolute atomic E-state index is 0. The number of hydrogen-bond donors (Lipinski definition) is 0. The summed E-state index contributed by atoms with van der Waals surface area (Å²) in [5.74, 6) is 8.22. The standard InChI is InChI=1S/C23H42.2H2O.H2/c1-16-5-9-22(10-6-16)23-11-7-20(8-12-23)15-21-13-17(2)19(4)18(3)14-21;;;/h16-23H,5-15H2,1-4H3;2*1H2;1H. The Bertz CT molecular complexity index is 347. The first-order valence-corrected chi connectivity index (χ1v) is 11.0. The normalized spacial score (nSPS) is 45.1. The van der Waals surface area contributed by atoms with E-state index in [1.807, 2.05) is 0 Å². The van der Waals surface area contributed by atoms with Crippen LogP contribution in [0.15, 0.2) is 0 Å². The van der Waals surface area contributed by atoms with E-state index in [-0.39, 0.29) is 12.4 Å². The second-order valence-corrected chi connectivity index (χ2v) is 10.2. The van der Waals surface area contributed by atoms with Crippen LogP contribution in [0.25, 0.3) is 0 Å². The van der Waals surface area contributed by atoms with Gasteiger partial charge in [0.1, 0.15) is 0 Å². The zero-order valence-electron chi connectivity index (χ0n) is 17.4. The fraction of sp³-hybridized carbons (Fsp3) is 1.00. The lowest BCUT2D eigenvalue weighted by Crippen LogP contribution is -2.30.